The van der Waals surface area contributed by atoms with Crippen LogP contribution in [0.15, 0.2) is 53.8 Å². The number of rotatable bonds is 3. The second kappa shape index (κ2) is 5.97. The summed E-state index contributed by atoms with van der Waals surface area (Å²) in [5, 5.41) is 0. The van der Waals surface area contributed by atoms with Crippen molar-refractivity contribution in [1.82, 2.24) is 9.38 Å². The fourth-order valence-corrected chi connectivity index (χ4v) is 3.33. The van der Waals surface area contributed by atoms with Crippen LogP contribution in [-0.2, 0) is 0 Å². The van der Waals surface area contributed by atoms with Crippen molar-refractivity contribution in [2.24, 2.45) is 4.99 Å². The van der Waals surface area contributed by atoms with Crippen LogP contribution in [0.2, 0.25) is 0 Å². The summed E-state index contributed by atoms with van der Waals surface area (Å²) in [6.07, 6.45) is 3.96. The van der Waals surface area contributed by atoms with Gasteiger partial charge in [-0.15, -0.1) is 0 Å². The van der Waals surface area contributed by atoms with Crippen molar-refractivity contribution < 1.29 is 4.74 Å². The molecule has 3 radical (unpaired) electrons. The number of pyridine rings is 1. The molecular weight excluding hydrogens is 457 g/mol. The van der Waals surface area contributed by atoms with E-state index in [-0.39, 0.29) is 0 Å². The van der Waals surface area contributed by atoms with E-state index in [1.165, 1.54) is 5.56 Å². The van der Waals surface area contributed by atoms with Gasteiger partial charge in [-0.05, 0) is 0 Å². The first-order valence-electron chi connectivity index (χ1n) is 6.56. The third-order valence-electron chi connectivity index (χ3n) is 3.13. The summed E-state index contributed by atoms with van der Waals surface area (Å²) in [6.45, 7) is 1.97. The van der Waals surface area contributed by atoms with E-state index >= 15 is 0 Å². The third kappa shape index (κ3) is 2.99. The van der Waals surface area contributed by atoms with E-state index in [0.717, 1.165) is 51.8 Å². The van der Waals surface area contributed by atoms with E-state index < -0.39 is 0 Å². The maximum atomic E-state index is 5.43. The quantitative estimate of drug-likeness (QED) is 0.435. The number of imidazole rings is 1. The predicted octanol–water partition coefficient (Wildman–Crippen LogP) is 2.90. The zero-order valence-corrected chi connectivity index (χ0v) is 15.8. The van der Waals surface area contributed by atoms with Gasteiger partial charge in [-0.2, -0.15) is 0 Å². The predicted molar refractivity (Wildman–Crippen MR) is 84.9 cm³/mol. The van der Waals surface area contributed by atoms with Gasteiger partial charge >= 0.3 is 139 Å². The van der Waals surface area contributed by atoms with Crippen LogP contribution >= 0.6 is 0 Å². The number of fused-ring (bicyclic) bond motifs is 1. The molecule has 3 rings (SSSR count). The van der Waals surface area contributed by atoms with Crippen LogP contribution in [0.1, 0.15) is 11.3 Å². The Labute approximate surface area is 139 Å². The van der Waals surface area contributed by atoms with Crippen molar-refractivity contribution in [3.63, 3.8) is 0 Å². The average Bonchev–Trinajstić information content (AvgIpc) is 2.87. The summed E-state index contributed by atoms with van der Waals surface area (Å²) in [4.78, 5) is 9.21. The Morgan fingerprint density at radius 2 is 2.00 bits per heavy atom. The molecule has 0 spiro atoms. The number of hydrogen-bond donors (Lipinski definition) is 0. The van der Waals surface area contributed by atoms with Crippen LogP contribution in [0.4, 0.5) is 5.69 Å². The van der Waals surface area contributed by atoms with Crippen molar-refractivity contribution in [2.45, 2.75) is 6.92 Å². The molecule has 3 aromatic rings. The van der Waals surface area contributed by atoms with Gasteiger partial charge in [-0.1, -0.05) is 0 Å². The Hall–Kier alpha value is -1.70. The molecule has 0 aliphatic rings. The summed E-state index contributed by atoms with van der Waals surface area (Å²) in [5.74, 6) is 0.742. The first-order chi connectivity index (χ1) is 10.2. The molecule has 0 N–H and O–H groups in total. The molecule has 2 aromatic heterocycles. The normalized spacial score (nSPS) is 11.9. The Morgan fingerprint density at radius 3 is 2.71 bits per heavy atom. The van der Waals surface area contributed by atoms with Crippen molar-refractivity contribution in [2.75, 3.05) is 7.11 Å². The molecule has 5 heteroatoms. The molecule has 0 atom stereocenters. The van der Waals surface area contributed by atoms with Crippen molar-refractivity contribution in [3.05, 3.63) is 60.0 Å². The van der Waals surface area contributed by atoms with Crippen LogP contribution in [0, 0.1) is 6.92 Å². The molecule has 0 saturated heterocycles. The van der Waals surface area contributed by atoms with Gasteiger partial charge in [0.2, 0.25) is 0 Å². The van der Waals surface area contributed by atoms with Crippen LogP contribution in [0.5, 0.6) is 5.75 Å². The van der Waals surface area contributed by atoms with E-state index in [0.29, 0.717) is 0 Å². The van der Waals surface area contributed by atoms with Gasteiger partial charge in [0.15, 0.2) is 0 Å². The Morgan fingerprint density at radius 1 is 1.24 bits per heavy atom. The molecule has 0 unspecified atom stereocenters. The molecule has 103 valence electrons. The topological polar surface area (TPSA) is 38.9 Å². The van der Waals surface area contributed by atoms with E-state index in [1.54, 1.807) is 7.11 Å². The number of aryl methyl sites for hydroxylation is 1. The zero-order chi connectivity index (χ0) is 14.8. The standard InChI is InChI=1S/C16H14N3O.Pb/c1-12-10-19-11-14(8-15(20-2)16(19)18-12)17-9-13-6-4-3-5-7-13;/h3-8,10-11H,1-2H3;. The molecular formula is C16H14N3OPb. The molecule has 21 heavy (non-hydrogen) atoms. The summed E-state index contributed by atoms with van der Waals surface area (Å²) < 4.78 is 8.50. The molecule has 1 aromatic carbocycles. The fourth-order valence-electron chi connectivity index (χ4n) is 2.18. The second-order valence-electron chi connectivity index (χ2n) is 4.71. The molecule has 0 aliphatic carbocycles. The van der Waals surface area contributed by atoms with Crippen molar-refractivity contribution in [3.8, 4) is 5.75 Å². The maximum absolute atomic E-state index is 5.43. The summed E-state index contributed by atoms with van der Waals surface area (Å²) in [7, 11) is 1.66. The van der Waals surface area contributed by atoms with Gasteiger partial charge in [0.05, 0.1) is 0 Å². The molecule has 0 saturated carbocycles. The summed E-state index contributed by atoms with van der Waals surface area (Å²) in [6, 6.07) is 12.2. The van der Waals surface area contributed by atoms with Crippen LogP contribution in [0.3, 0.4) is 0 Å². The Balaban J connectivity index is 2.08. The van der Waals surface area contributed by atoms with Gasteiger partial charge in [0, 0.05) is 0 Å². The van der Waals surface area contributed by atoms with Gasteiger partial charge in [0.25, 0.3) is 0 Å². The third-order valence-corrected chi connectivity index (χ3v) is 4.69. The summed E-state index contributed by atoms with van der Waals surface area (Å²) in [5.41, 5.74) is 3.84. The number of nitrogens with zero attached hydrogens (tertiary/aromatic N) is 3. The minimum atomic E-state index is 0.742. The Bertz CT molecular complexity index is 809. The van der Waals surface area contributed by atoms with E-state index in [9.17, 15) is 0 Å². The zero-order valence-electron chi connectivity index (χ0n) is 11.9. The van der Waals surface area contributed by atoms with E-state index in [4.69, 9.17) is 9.73 Å². The number of benzene rings is 1. The van der Waals surface area contributed by atoms with Gasteiger partial charge in [-0.3, -0.25) is 0 Å². The number of aromatic nitrogens is 2. The first kappa shape index (κ1) is 14.2. The van der Waals surface area contributed by atoms with Crippen LogP contribution < -0.4 is 4.74 Å². The molecule has 0 fully saturated rings. The number of aliphatic imine (C=N–C) groups is 1. The summed E-state index contributed by atoms with van der Waals surface area (Å²) >= 11 is 0.881. The molecule has 0 amide bonds. The van der Waals surface area contributed by atoms with Crippen molar-refractivity contribution in [1.29, 1.82) is 0 Å². The van der Waals surface area contributed by atoms with Gasteiger partial charge < -0.3 is 0 Å². The first-order valence-corrected chi connectivity index (χ1v) is 8.51. The molecule has 0 aliphatic heterocycles. The van der Waals surface area contributed by atoms with Crippen molar-refractivity contribution >= 4 is 40.4 Å². The second-order valence-corrected chi connectivity index (χ2v) is 6.55. The van der Waals surface area contributed by atoms with E-state index in [1.807, 2.05) is 48.0 Å². The Kier molecular flexibility index (Phi) is 4.05. The average molecular weight is 472 g/mol. The monoisotopic (exact) mass is 472 g/mol. The van der Waals surface area contributed by atoms with Gasteiger partial charge in [-0.25, -0.2) is 0 Å². The van der Waals surface area contributed by atoms with E-state index in [2.05, 4.69) is 17.1 Å². The van der Waals surface area contributed by atoms with Gasteiger partial charge in [0.1, 0.15) is 0 Å². The van der Waals surface area contributed by atoms with Crippen LogP contribution in [-0.4, -0.2) is 45.5 Å². The fraction of sp³-hybridized carbons (Fsp3) is 0.125. The SMILES string of the molecule is COc1cc(N=[C]([Pb])c2ccccc2)cn2cc(C)nc12. The van der Waals surface area contributed by atoms with Crippen LogP contribution in [0.25, 0.3) is 5.65 Å². The molecule has 2 heterocycles. The molecule has 4 nitrogen and oxygen atoms in total. The number of ether oxygens (including phenoxy) is 1. The number of hydrogen-bond acceptors (Lipinski definition) is 3. The minimum absolute atomic E-state index is 0.742. The molecule has 0 bridgehead atoms. The number of methoxy groups -OCH3 is 1.